The van der Waals surface area contributed by atoms with Crippen LogP contribution in [-0.2, 0) is 0 Å². The molecule has 0 spiro atoms. The third-order valence-electron chi connectivity index (χ3n) is 3.03. The van der Waals surface area contributed by atoms with Crippen LogP contribution in [0.4, 0.5) is 4.39 Å². The normalized spacial score (nSPS) is 12.2. The van der Waals surface area contributed by atoms with Crippen LogP contribution in [0.15, 0.2) is 36.4 Å². The fourth-order valence-electron chi connectivity index (χ4n) is 2.10. The van der Waals surface area contributed by atoms with Gasteiger partial charge < -0.3 is 9.84 Å². The van der Waals surface area contributed by atoms with Crippen molar-refractivity contribution in [3.63, 3.8) is 0 Å². The van der Waals surface area contributed by atoms with Gasteiger partial charge in [-0.15, -0.1) is 0 Å². The fourth-order valence-corrected chi connectivity index (χ4v) is 2.36. The van der Waals surface area contributed by atoms with Crippen molar-refractivity contribution in [2.45, 2.75) is 20.0 Å². The summed E-state index contributed by atoms with van der Waals surface area (Å²) in [5.41, 5.74) is 1.54. The number of hydrogen-bond acceptors (Lipinski definition) is 2. The summed E-state index contributed by atoms with van der Waals surface area (Å²) in [6, 6.07) is 9.77. The molecule has 2 rings (SSSR count). The molecule has 2 nitrogen and oxygen atoms in total. The molecule has 0 heterocycles. The summed E-state index contributed by atoms with van der Waals surface area (Å²) >= 11 is 6.00. The van der Waals surface area contributed by atoms with Crippen LogP contribution in [-0.4, -0.2) is 11.7 Å². The molecule has 2 aromatic rings. The molecule has 0 aliphatic heterocycles. The lowest BCUT2D eigenvalue weighted by Gasteiger charge is -2.18. The predicted molar refractivity (Wildman–Crippen MR) is 77.8 cm³/mol. The maximum atomic E-state index is 13.9. The molecule has 0 saturated carbocycles. The number of hydrogen-bond donors (Lipinski definition) is 1. The van der Waals surface area contributed by atoms with Crippen molar-refractivity contribution in [2.24, 2.45) is 0 Å². The smallest absolute Gasteiger partial charge is 0.130 e. The van der Waals surface area contributed by atoms with Gasteiger partial charge in [-0.05, 0) is 38.1 Å². The summed E-state index contributed by atoms with van der Waals surface area (Å²) in [6.07, 6.45) is -1.16. The highest BCUT2D eigenvalue weighted by molar-refractivity contribution is 6.31. The largest absolute Gasteiger partial charge is 0.493 e. The highest BCUT2D eigenvalue weighted by atomic mass is 35.5. The Morgan fingerprint density at radius 3 is 2.70 bits per heavy atom. The monoisotopic (exact) mass is 294 g/mol. The Bertz CT molecular complexity index is 593. The summed E-state index contributed by atoms with van der Waals surface area (Å²) in [5, 5.41) is 10.7. The zero-order valence-corrected chi connectivity index (χ0v) is 12.1. The van der Waals surface area contributed by atoms with E-state index < -0.39 is 11.9 Å². The molecular formula is C16H16ClFO2. The molecular weight excluding hydrogens is 279 g/mol. The highest BCUT2D eigenvalue weighted by Gasteiger charge is 2.21. The Morgan fingerprint density at radius 1 is 1.30 bits per heavy atom. The number of aryl methyl sites for hydroxylation is 1. The average molecular weight is 295 g/mol. The van der Waals surface area contributed by atoms with Gasteiger partial charge in [0.15, 0.2) is 0 Å². The maximum Gasteiger partial charge on any atom is 0.130 e. The first-order valence-electron chi connectivity index (χ1n) is 6.40. The van der Waals surface area contributed by atoms with Gasteiger partial charge in [-0.1, -0.05) is 29.3 Å². The van der Waals surface area contributed by atoms with Crippen LogP contribution in [0.2, 0.25) is 5.02 Å². The molecule has 0 aromatic heterocycles. The highest BCUT2D eigenvalue weighted by Crippen LogP contribution is 2.35. The molecule has 106 valence electrons. The lowest BCUT2D eigenvalue weighted by molar-refractivity contribution is 0.207. The van der Waals surface area contributed by atoms with Crippen LogP contribution < -0.4 is 4.74 Å². The van der Waals surface area contributed by atoms with E-state index in [-0.39, 0.29) is 10.6 Å². The number of halogens is 2. The van der Waals surface area contributed by atoms with E-state index in [1.807, 2.05) is 19.9 Å². The fraction of sp³-hybridized carbons (Fsp3) is 0.250. The predicted octanol–water partition coefficient (Wildman–Crippen LogP) is 4.27. The second-order valence-electron chi connectivity index (χ2n) is 4.51. The first-order valence-corrected chi connectivity index (χ1v) is 6.77. The minimum atomic E-state index is -1.16. The molecule has 0 radical (unpaired) electrons. The van der Waals surface area contributed by atoms with E-state index in [4.69, 9.17) is 16.3 Å². The lowest BCUT2D eigenvalue weighted by atomic mass is 9.98. The Labute approximate surface area is 122 Å². The van der Waals surface area contributed by atoms with E-state index in [1.54, 1.807) is 18.2 Å². The van der Waals surface area contributed by atoms with Gasteiger partial charge in [-0.3, -0.25) is 0 Å². The van der Waals surface area contributed by atoms with Crippen molar-refractivity contribution < 1.29 is 14.2 Å². The van der Waals surface area contributed by atoms with Crippen LogP contribution in [0.25, 0.3) is 0 Å². The minimum absolute atomic E-state index is 0.0701. The average Bonchev–Trinajstić information content (AvgIpc) is 2.40. The summed E-state index contributed by atoms with van der Waals surface area (Å²) in [7, 11) is 0. The topological polar surface area (TPSA) is 29.5 Å². The third-order valence-corrected chi connectivity index (χ3v) is 3.36. The number of aliphatic hydroxyl groups is 1. The van der Waals surface area contributed by atoms with E-state index in [9.17, 15) is 9.50 Å². The molecule has 0 saturated heterocycles. The van der Waals surface area contributed by atoms with Crippen molar-refractivity contribution in [1.29, 1.82) is 0 Å². The quantitative estimate of drug-likeness (QED) is 0.912. The Balaban J connectivity index is 2.52. The van der Waals surface area contributed by atoms with Crippen molar-refractivity contribution in [3.05, 3.63) is 63.9 Å². The van der Waals surface area contributed by atoms with E-state index in [0.29, 0.717) is 17.9 Å². The standard InChI is InChI=1S/C16H16ClFO2/c1-3-20-14-8-7-10(2)9-11(14)16(19)15-12(17)5-4-6-13(15)18/h4-9,16,19H,3H2,1-2H3. The molecule has 0 fully saturated rings. The number of ether oxygens (including phenoxy) is 1. The van der Waals surface area contributed by atoms with Crippen LogP contribution in [0.5, 0.6) is 5.75 Å². The zero-order valence-electron chi connectivity index (χ0n) is 11.4. The van der Waals surface area contributed by atoms with E-state index in [0.717, 1.165) is 5.56 Å². The summed E-state index contributed by atoms with van der Waals surface area (Å²) in [4.78, 5) is 0. The van der Waals surface area contributed by atoms with Gasteiger partial charge in [0.2, 0.25) is 0 Å². The molecule has 0 aliphatic carbocycles. The number of benzene rings is 2. The van der Waals surface area contributed by atoms with E-state index in [1.165, 1.54) is 12.1 Å². The van der Waals surface area contributed by atoms with Crippen molar-refractivity contribution in [2.75, 3.05) is 6.61 Å². The van der Waals surface area contributed by atoms with E-state index in [2.05, 4.69) is 0 Å². The van der Waals surface area contributed by atoms with Gasteiger partial charge >= 0.3 is 0 Å². The second-order valence-corrected chi connectivity index (χ2v) is 4.92. The lowest BCUT2D eigenvalue weighted by Crippen LogP contribution is -2.07. The first-order chi connectivity index (χ1) is 9.54. The van der Waals surface area contributed by atoms with Gasteiger partial charge in [0.1, 0.15) is 17.7 Å². The van der Waals surface area contributed by atoms with Crippen LogP contribution in [0.1, 0.15) is 29.7 Å². The van der Waals surface area contributed by atoms with Gasteiger partial charge in [-0.25, -0.2) is 4.39 Å². The summed E-state index contributed by atoms with van der Waals surface area (Å²) in [6.45, 7) is 4.22. The first kappa shape index (κ1) is 14.8. The molecule has 0 aliphatic rings. The van der Waals surface area contributed by atoms with Gasteiger partial charge in [0.25, 0.3) is 0 Å². The van der Waals surface area contributed by atoms with Crippen molar-refractivity contribution in [1.82, 2.24) is 0 Å². The minimum Gasteiger partial charge on any atom is -0.493 e. The summed E-state index contributed by atoms with van der Waals surface area (Å²) in [5.74, 6) is -0.00104. The van der Waals surface area contributed by atoms with Crippen LogP contribution >= 0.6 is 11.6 Å². The molecule has 0 bridgehead atoms. The third kappa shape index (κ3) is 2.94. The van der Waals surface area contributed by atoms with Gasteiger partial charge in [0.05, 0.1) is 6.61 Å². The SMILES string of the molecule is CCOc1ccc(C)cc1C(O)c1c(F)cccc1Cl. The molecule has 4 heteroatoms. The molecule has 1 N–H and O–H groups in total. The molecule has 20 heavy (non-hydrogen) atoms. The maximum absolute atomic E-state index is 13.9. The Kier molecular flexibility index (Phi) is 4.63. The molecule has 1 atom stereocenters. The zero-order chi connectivity index (χ0) is 14.7. The van der Waals surface area contributed by atoms with E-state index >= 15 is 0 Å². The second kappa shape index (κ2) is 6.25. The van der Waals surface area contributed by atoms with Gasteiger partial charge in [-0.2, -0.15) is 0 Å². The number of aliphatic hydroxyl groups excluding tert-OH is 1. The van der Waals surface area contributed by atoms with Crippen molar-refractivity contribution >= 4 is 11.6 Å². The summed E-state index contributed by atoms with van der Waals surface area (Å²) < 4.78 is 19.4. The Morgan fingerprint density at radius 2 is 2.05 bits per heavy atom. The number of rotatable bonds is 4. The molecule has 1 unspecified atom stereocenters. The molecule has 2 aromatic carbocycles. The molecule has 0 amide bonds. The van der Waals surface area contributed by atoms with Crippen molar-refractivity contribution in [3.8, 4) is 5.75 Å². The van der Waals surface area contributed by atoms with Crippen LogP contribution in [0.3, 0.4) is 0 Å². The van der Waals surface area contributed by atoms with Crippen LogP contribution in [0, 0.1) is 12.7 Å². The Hall–Kier alpha value is -1.58. The van der Waals surface area contributed by atoms with Gasteiger partial charge in [0, 0.05) is 16.1 Å².